The Bertz CT molecular complexity index is 1110. The standard InChI is InChI=1S/C20H18N2O5/c1-3-22(12-7-5-4-6-8-12)20(25)16-17(23)15-13(21(2)19(16)24)9-10-14-18(15)27-11-26-14/h4-10,23H,3,11H2,1-2H3. The van der Waals surface area contributed by atoms with Gasteiger partial charge in [-0.1, -0.05) is 18.2 Å². The number of fused-ring (bicyclic) bond motifs is 3. The van der Waals surface area contributed by atoms with Crippen molar-refractivity contribution >= 4 is 22.5 Å². The highest BCUT2D eigenvalue weighted by molar-refractivity contribution is 6.11. The lowest BCUT2D eigenvalue weighted by Crippen LogP contribution is -2.36. The summed E-state index contributed by atoms with van der Waals surface area (Å²) in [5, 5.41) is 11.2. The van der Waals surface area contributed by atoms with Crippen molar-refractivity contribution in [2.45, 2.75) is 6.92 Å². The van der Waals surface area contributed by atoms with E-state index in [1.54, 1.807) is 31.3 Å². The summed E-state index contributed by atoms with van der Waals surface area (Å²) in [4.78, 5) is 27.5. The van der Waals surface area contributed by atoms with Crippen molar-refractivity contribution in [3.05, 3.63) is 58.4 Å². The van der Waals surface area contributed by atoms with E-state index in [2.05, 4.69) is 0 Å². The molecular formula is C20H18N2O5. The van der Waals surface area contributed by atoms with E-state index in [0.29, 0.717) is 34.6 Å². The molecule has 0 saturated carbocycles. The summed E-state index contributed by atoms with van der Waals surface area (Å²) in [6.45, 7) is 2.17. The lowest BCUT2D eigenvalue weighted by Gasteiger charge is -2.22. The smallest absolute Gasteiger partial charge is 0.267 e. The number of aromatic hydroxyl groups is 1. The van der Waals surface area contributed by atoms with Crippen LogP contribution < -0.4 is 19.9 Å². The lowest BCUT2D eigenvalue weighted by molar-refractivity contribution is 0.0984. The van der Waals surface area contributed by atoms with Gasteiger partial charge in [-0.3, -0.25) is 9.59 Å². The Morgan fingerprint density at radius 1 is 1.19 bits per heavy atom. The number of carbonyl (C=O) groups excluding carboxylic acids is 1. The quantitative estimate of drug-likeness (QED) is 0.771. The molecule has 3 aromatic rings. The molecule has 1 aliphatic heterocycles. The van der Waals surface area contributed by atoms with Gasteiger partial charge in [0.1, 0.15) is 11.3 Å². The Morgan fingerprint density at radius 3 is 2.63 bits per heavy atom. The van der Waals surface area contributed by atoms with Crippen LogP contribution in [-0.2, 0) is 7.05 Å². The molecule has 27 heavy (non-hydrogen) atoms. The van der Waals surface area contributed by atoms with Gasteiger partial charge in [-0.15, -0.1) is 0 Å². The Hall–Kier alpha value is -3.48. The van der Waals surface area contributed by atoms with Crippen LogP contribution in [0.4, 0.5) is 5.69 Å². The van der Waals surface area contributed by atoms with Crippen molar-refractivity contribution < 1.29 is 19.4 Å². The second kappa shape index (κ2) is 6.35. The molecule has 0 bridgehead atoms. The summed E-state index contributed by atoms with van der Waals surface area (Å²) >= 11 is 0. The van der Waals surface area contributed by atoms with Gasteiger partial charge in [-0.25, -0.2) is 0 Å². The minimum Gasteiger partial charge on any atom is -0.506 e. The molecule has 1 aliphatic rings. The highest BCUT2D eigenvalue weighted by Crippen LogP contribution is 2.43. The number of benzene rings is 2. The van der Waals surface area contributed by atoms with Crippen LogP contribution in [0.5, 0.6) is 17.2 Å². The number of hydrogen-bond donors (Lipinski definition) is 1. The molecule has 2 heterocycles. The van der Waals surface area contributed by atoms with Crippen LogP contribution in [-0.4, -0.2) is 28.9 Å². The number of hydrogen-bond acceptors (Lipinski definition) is 5. The highest BCUT2D eigenvalue weighted by Gasteiger charge is 2.29. The van der Waals surface area contributed by atoms with Crippen LogP contribution in [0.15, 0.2) is 47.3 Å². The van der Waals surface area contributed by atoms with Crippen LogP contribution in [0.3, 0.4) is 0 Å². The molecule has 1 N–H and O–H groups in total. The van der Waals surface area contributed by atoms with Gasteiger partial charge >= 0.3 is 0 Å². The first-order valence-corrected chi connectivity index (χ1v) is 8.55. The van der Waals surface area contributed by atoms with Crippen molar-refractivity contribution in [3.63, 3.8) is 0 Å². The number of aryl methyl sites for hydroxylation is 1. The van der Waals surface area contributed by atoms with Gasteiger partial charge in [-0.2, -0.15) is 0 Å². The van der Waals surface area contributed by atoms with E-state index in [1.807, 2.05) is 25.1 Å². The summed E-state index contributed by atoms with van der Waals surface area (Å²) in [5.41, 5.74) is 0.239. The number of nitrogens with zero attached hydrogens (tertiary/aromatic N) is 2. The number of aromatic nitrogens is 1. The van der Waals surface area contributed by atoms with Crippen LogP contribution in [0.2, 0.25) is 0 Å². The molecule has 1 aromatic heterocycles. The van der Waals surface area contributed by atoms with Crippen LogP contribution in [0, 0.1) is 0 Å². The molecule has 7 nitrogen and oxygen atoms in total. The third-order valence-corrected chi connectivity index (χ3v) is 4.71. The summed E-state index contributed by atoms with van der Waals surface area (Å²) in [6, 6.07) is 12.3. The largest absolute Gasteiger partial charge is 0.506 e. The molecule has 0 atom stereocenters. The molecule has 0 spiro atoms. The fourth-order valence-corrected chi connectivity index (χ4v) is 3.35. The first-order valence-electron chi connectivity index (χ1n) is 8.55. The second-order valence-electron chi connectivity index (χ2n) is 6.17. The van der Waals surface area contributed by atoms with Gasteiger partial charge in [0.05, 0.1) is 10.9 Å². The number of carbonyl (C=O) groups is 1. The molecule has 4 rings (SSSR count). The van der Waals surface area contributed by atoms with Crippen LogP contribution >= 0.6 is 0 Å². The SMILES string of the molecule is CCN(C(=O)c1c(O)c2c3c(ccc2n(C)c1=O)OCO3)c1ccccc1. The third kappa shape index (κ3) is 2.51. The molecular weight excluding hydrogens is 348 g/mol. The molecule has 138 valence electrons. The maximum Gasteiger partial charge on any atom is 0.267 e. The van der Waals surface area contributed by atoms with E-state index in [9.17, 15) is 14.7 Å². The third-order valence-electron chi connectivity index (χ3n) is 4.71. The minimum atomic E-state index is -0.571. The Kier molecular flexibility index (Phi) is 3.99. The molecule has 1 amide bonds. The predicted octanol–water partition coefficient (Wildman–Crippen LogP) is 2.64. The molecule has 7 heteroatoms. The topological polar surface area (TPSA) is 81.0 Å². The molecule has 0 aliphatic carbocycles. The molecule has 0 radical (unpaired) electrons. The van der Waals surface area contributed by atoms with Crippen LogP contribution in [0.1, 0.15) is 17.3 Å². The highest BCUT2D eigenvalue weighted by atomic mass is 16.7. The summed E-state index contributed by atoms with van der Waals surface area (Å²) < 4.78 is 12.2. The number of pyridine rings is 1. The first kappa shape index (κ1) is 17.0. The number of para-hydroxylation sites is 1. The summed E-state index contributed by atoms with van der Waals surface area (Å²) in [6.07, 6.45) is 0. The zero-order valence-corrected chi connectivity index (χ0v) is 14.9. The Balaban J connectivity index is 1.97. The Labute approximate surface area is 155 Å². The summed E-state index contributed by atoms with van der Waals surface area (Å²) in [7, 11) is 1.56. The Morgan fingerprint density at radius 2 is 1.93 bits per heavy atom. The van der Waals surface area contributed by atoms with E-state index in [-0.39, 0.29) is 12.4 Å². The van der Waals surface area contributed by atoms with E-state index in [1.165, 1.54) is 9.47 Å². The normalized spacial score (nSPS) is 12.4. The van der Waals surface area contributed by atoms with Gasteiger partial charge in [-0.05, 0) is 31.2 Å². The van der Waals surface area contributed by atoms with Crippen molar-refractivity contribution in [2.75, 3.05) is 18.2 Å². The second-order valence-corrected chi connectivity index (χ2v) is 6.17. The van der Waals surface area contributed by atoms with Gasteiger partial charge in [0.25, 0.3) is 11.5 Å². The van der Waals surface area contributed by atoms with E-state index < -0.39 is 17.2 Å². The average molecular weight is 366 g/mol. The maximum absolute atomic E-state index is 13.2. The minimum absolute atomic E-state index is 0.0190. The zero-order chi connectivity index (χ0) is 19.1. The zero-order valence-electron chi connectivity index (χ0n) is 14.9. The lowest BCUT2D eigenvalue weighted by atomic mass is 10.1. The van der Waals surface area contributed by atoms with Crippen molar-refractivity contribution in [1.29, 1.82) is 0 Å². The van der Waals surface area contributed by atoms with E-state index >= 15 is 0 Å². The van der Waals surface area contributed by atoms with Crippen molar-refractivity contribution in [2.24, 2.45) is 7.05 Å². The van der Waals surface area contributed by atoms with Gasteiger partial charge in [0, 0.05) is 19.3 Å². The fourth-order valence-electron chi connectivity index (χ4n) is 3.35. The fraction of sp³-hybridized carbons (Fsp3) is 0.200. The maximum atomic E-state index is 13.2. The monoisotopic (exact) mass is 366 g/mol. The van der Waals surface area contributed by atoms with Gasteiger partial charge in [0.15, 0.2) is 11.5 Å². The predicted molar refractivity (Wildman–Crippen MR) is 101 cm³/mol. The number of ether oxygens (including phenoxy) is 2. The van der Waals surface area contributed by atoms with Crippen molar-refractivity contribution in [1.82, 2.24) is 4.57 Å². The number of amides is 1. The van der Waals surface area contributed by atoms with Crippen molar-refractivity contribution in [3.8, 4) is 17.2 Å². The van der Waals surface area contributed by atoms with Gasteiger partial charge < -0.3 is 24.0 Å². The number of anilines is 1. The molecule has 0 unspecified atom stereocenters. The average Bonchev–Trinajstić information content (AvgIpc) is 3.16. The van der Waals surface area contributed by atoms with E-state index in [0.717, 1.165) is 0 Å². The van der Waals surface area contributed by atoms with Crippen LogP contribution in [0.25, 0.3) is 10.9 Å². The van der Waals surface area contributed by atoms with E-state index in [4.69, 9.17) is 9.47 Å². The molecule has 0 saturated heterocycles. The number of rotatable bonds is 3. The molecule has 0 fully saturated rings. The first-order chi connectivity index (χ1) is 13.0. The molecule has 2 aromatic carbocycles. The van der Waals surface area contributed by atoms with Gasteiger partial charge in [0.2, 0.25) is 6.79 Å². The summed E-state index contributed by atoms with van der Waals surface area (Å²) in [5.74, 6) is -0.169.